The van der Waals surface area contributed by atoms with Crippen molar-refractivity contribution in [1.29, 1.82) is 5.26 Å². The Morgan fingerprint density at radius 2 is 1.81 bits per heavy atom. The lowest BCUT2D eigenvalue weighted by atomic mass is 10.0. The fourth-order valence-electron chi connectivity index (χ4n) is 2.24. The minimum Gasteiger partial charge on any atom is -0.381 e. The van der Waals surface area contributed by atoms with E-state index < -0.39 is 45.1 Å². The van der Waals surface area contributed by atoms with E-state index in [1.807, 2.05) is 6.07 Å². The van der Waals surface area contributed by atoms with E-state index in [0.717, 1.165) is 0 Å². The molecule has 0 aliphatic rings. The highest BCUT2D eigenvalue weighted by atomic mass is 19.4. The van der Waals surface area contributed by atoms with E-state index in [4.69, 9.17) is 5.26 Å². The molecule has 2 rings (SSSR count). The Hall–Kier alpha value is -3.68. The molecule has 134 valence electrons. The van der Waals surface area contributed by atoms with Gasteiger partial charge in [0.15, 0.2) is 0 Å². The van der Waals surface area contributed by atoms with Crippen LogP contribution in [0.5, 0.6) is 0 Å². The number of benzene rings is 2. The van der Waals surface area contributed by atoms with E-state index in [2.05, 4.69) is 5.32 Å². The van der Waals surface area contributed by atoms with Gasteiger partial charge in [-0.25, -0.2) is 0 Å². The molecule has 1 N–H and O–H groups in total. The van der Waals surface area contributed by atoms with Crippen molar-refractivity contribution in [3.05, 3.63) is 73.3 Å². The lowest BCUT2D eigenvalue weighted by Gasteiger charge is -2.14. The largest absolute Gasteiger partial charge is 0.417 e. The molecule has 0 saturated carbocycles. The summed E-state index contributed by atoms with van der Waals surface area (Å²) in [6.45, 7) is -0.613. The van der Waals surface area contributed by atoms with Gasteiger partial charge in [0, 0.05) is 18.3 Å². The first-order chi connectivity index (χ1) is 12.1. The first-order valence-electron chi connectivity index (χ1n) is 6.90. The van der Waals surface area contributed by atoms with Crippen LogP contribution in [-0.2, 0) is 12.7 Å². The molecule has 0 aliphatic carbocycles. The van der Waals surface area contributed by atoms with E-state index >= 15 is 0 Å². The molecule has 2 aromatic carbocycles. The number of hydrogen-bond acceptors (Lipinski definition) is 6. The van der Waals surface area contributed by atoms with Gasteiger partial charge < -0.3 is 5.32 Å². The van der Waals surface area contributed by atoms with Crippen molar-refractivity contribution in [1.82, 2.24) is 0 Å². The third-order valence-corrected chi connectivity index (χ3v) is 3.39. The summed E-state index contributed by atoms with van der Waals surface area (Å²) in [6, 6.07) is 8.36. The standard InChI is InChI=1S/C15H9F3N4O4/c16-15(17,18)13-5-11(21(23)24)6-14(22(25)26)12(13)8-20-10-3-1-2-9(4-10)7-19/h1-6,20H,8H2. The number of non-ortho nitro benzene ring substituents is 1. The highest BCUT2D eigenvalue weighted by Crippen LogP contribution is 2.39. The van der Waals surface area contributed by atoms with E-state index in [0.29, 0.717) is 6.07 Å². The van der Waals surface area contributed by atoms with Crippen LogP contribution in [0, 0.1) is 31.6 Å². The van der Waals surface area contributed by atoms with E-state index in [1.165, 1.54) is 24.3 Å². The number of nitrogens with zero attached hydrogens (tertiary/aromatic N) is 3. The van der Waals surface area contributed by atoms with E-state index in [-0.39, 0.29) is 17.3 Å². The molecule has 0 bridgehead atoms. The van der Waals surface area contributed by atoms with Gasteiger partial charge in [-0.3, -0.25) is 20.2 Å². The van der Waals surface area contributed by atoms with E-state index in [9.17, 15) is 33.4 Å². The van der Waals surface area contributed by atoms with Crippen LogP contribution in [0.3, 0.4) is 0 Å². The minimum absolute atomic E-state index is 0.240. The third-order valence-electron chi connectivity index (χ3n) is 3.39. The summed E-state index contributed by atoms with van der Waals surface area (Å²) in [6.07, 6.45) is -5.03. The molecule has 0 atom stereocenters. The number of nitro benzene ring substituents is 2. The summed E-state index contributed by atoms with van der Waals surface area (Å²) in [5.74, 6) is 0. The Morgan fingerprint density at radius 3 is 2.35 bits per heavy atom. The quantitative estimate of drug-likeness (QED) is 0.630. The molecule has 8 nitrogen and oxygen atoms in total. The van der Waals surface area contributed by atoms with Gasteiger partial charge in [0.2, 0.25) is 0 Å². The predicted octanol–water partition coefficient (Wildman–Crippen LogP) is 4.01. The Bertz CT molecular complexity index is 922. The minimum atomic E-state index is -5.03. The number of halogens is 3. The summed E-state index contributed by atoms with van der Waals surface area (Å²) in [7, 11) is 0. The number of anilines is 1. The number of rotatable bonds is 5. The van der Waals surface area contributed by atoms with Crippen molar-refractivity contribution in [2.45, 2.75) is 12.7 Å². The first-order valence-corrected chi connectivity index (χ1v) is 6.90. The second-order valence-corrected chi connectivity index (χ2v) is 5.05. The fourth-order valence-corrected chi connectivity index (χ4v) is 2.24. The molecule has 0 radical (unpaired) electrons. The highest BCUT2D eigenvalue weighted by Gasteiger charge is 2.39. The second-order valence-electron chi connectivity index (χ2n) is 5.05. The third kappa shape index (κ3) is 4.04. The lowest BCUT2D eigenvalue weighted by Crippen LogP contribution is -2.15. The number of nitrogens with one attached hydrogen (secondary N) is 1. The summed E-state index contributed by atoms with van der Waals surface area (Å²) >= 11 is 0. The number of alkyl halides is 3. The number of hydrogen-bond donors (Lipinski definition) is 1. The van der Waals surface area contributed by atoms with Crippen LogP contribution >= 0.6 is 0 Å². The molecule has 0 aromatic heterocycles. The van der Waals surface area contributed by atoms with Gasteiger partial charge in [0.1, 0.15) is 0 Å². The van der Waals surface area contributed by atoms with Gasteiger partial charge in [-0.15, -0.1) is 0 Å². The molecule has 0 saturated heterocycles. The Kier molecular flexibility index (Phi) is 5.06. The maximum Gasteiger partial charge on any atom is 0.417 e. The number of nitriles is 1. The maximum atomic E-state index is 13.3. The van der Waals surface area contributed by atoms with Crippen LogP contribution in [0.25, 0.3) is 0 Å². The van der Waals surface area contributed by atoms with Crippen molar-refractivity contribution < 1.29 is 23.0 Å². The molecule has 11 heteroatoms. The van der Waals surface area contributed by atoms with Crippen LogP contribution in [0.4, 0.5) is 30.2 Å². The maximum absolute atomic E-state index is 13.3. The topological polar surface area (TPSA) is 122 Å². The normalized spacial score (nSPS) is 10.8. The van der Waals surface area contributed by atoms with Gasteiger partial charge in [0.05, 0.1) is 38.7 Å². The van der Waals surface area contributed by atoms with Crippen LogP contribution in [0.1, 0.15) is 16.7 Å². The monoisotopic (exact) mass is 366 g/mol. The van der Waals surface area contributed by atoms with Crippen LogP contribution in [0.2, 0.25) is 0 Å². The molecular weight excluding hydrogens is 357 g/mol. The zero-order valence-corrected chi connectivity index (χ0v) is 12.8. The smallest absolute Gasteiger partial charge is 0.381 e. The average Bonchev–Trinajstić information content (AvgIpc) is 2.58. The second kappa shape index (κ2) is 7.06. The van der Waals surface area contributed by atoms with Crippen molar-refractivity contribution in [2.24, 2.45) is 0 Å². The molecule has 26 heavy (non-hydrogen) atoms. The number of nitro groups is 2. The van der Waals surface area contributed by atoms with Crippen molar-refractivity contribution in [2.75, 3.05) is 5.32 Å². The van der Waals surface area contributed by atoms with Crippen LogP contribution in [-0.4, -0.2) is 9.85 Å². The van der Waals surface area contributed by atoms with Gasteiger partial charge in [-0.1, -0.05) is 6.07 Å². The summed E-state index contributed by atoms with van der Waals surface area (Å²) in [4.78, 5) is 19.7. The molecule has 2 aromatic rings. The zero-order chi connectivity index (χ0) is 19.5. The van der Waals surface area contributed by atoms with Crippen LogP contribution < -0.4 is 5.32 Å². The Labute approximate surface area is 143 Å². The first kappa shape index (κ1) is 18.7. The molecular formula is C15H9F3N4O4. The van der Waals surface area contributed by atoms with Gasteiger partial charge >= 0.3 is 6.18 Å². The molecule has 0 heterocycles. The summed E-state index contributed by atoms with van der Waals surface area (Å²) < 4.78 is 39.8. The Morgan fingerprint density at radius 1 is 1.12 bits per heavy atom. The Balaban J connectivity index is 2.52. The SMILES string of the molecule is N#Cc1cccc(NCc2c([N+](=O)[O-])cc([N+](=O)[O-])cc2C(F)(F)F)c1. The fraction of sp³-hybridized carbons (Fsp3) is 0.133. The lowest BCUT2D eigenvalue weighted by molar-refractivity contribution is -0.395. The average molecular weight is 366 g/mol. The highest BCUT2D eigenvalue weighted by molar-refractivity contribution is 5.57. The molecule has 0 unspecified atom stereocenters. The van der Waals surface area contributed by atoms with Crippen molar-refractivity contribution >= 4 is 17.1 Å². The van der Waals surface area contributed by atoms with Gasteiger partial charge in [-0.05, 0) is 18.2 Å². The molecule has 0 aliphatic heterocycles. The van der Waals surface area contributed by atoms with Crippen molar-refractivity contribution in [3.63, 3.8) is 0 Å². The van der Waals surface area contributed by atoms with Gasteiger partial charge in [0.25, 0.3) is 11.4 Å². The van der Waals surface area contributed by atoms with Gasteiger partial charge in [-0.2, -0.15) is 18.4 Å². The zero-order valence-electron chi connectivity index (χ0n) is 12.8. The molecule has 0 amide bonds. The summed E-state index contributed by atoms with van der Waals surface area (Å²) in [5.41, 5.74) is -3.75. The van der Waals surface area contributed by atoms with Crippen LogP contribution in [0.15, 0.2) is 36.4 Å². The van der Waals surface area contributed by atoms with E-state index in [1.54, 1.807) is 0 Å². The predicted molar refractivity (Wildman–Crippen MR) is 83.2 cm³/mol. The molecule has 0 fully saturated rings. The summed E-state index contributed by atoms with van der Waals surface area (Å²) in [5, 5.41) is 33.3. The molecule has 0 spiro atoms. The van der Waals surface area contributed by atoms with Crippen molar-refractivity contribution in [3.8, 4) is 6.07 Å².